The van der Waals surface area contributed by atoms with Crippen molar-refractivity contribution in [1.82, 2.24) is 5.59 Å². The maximum Gasteiger partial charge on any atom is 0.132 e. The van der Waals surface area contributed by atoms with Crippen LogP contribution in [0.3, 0.4) is 0 Å². The Balaban J connectivity index is 3.80. The number of quaternary nitrogens is 1. The minimum Gasteiger partial charge on any atom is -0.611 e. The molecule has 0 fully saturated rings. The van der Waals surface area contributed by atoms with E-state index in [-0.39, 0.29) is 12.5 Å². The lowest BCUT2D eigenvalue weighted by Gasteiger charge is -2.29. The third-order valence-corrected chi connectivity index (χ3v) is 1.45. The molecule has 0 aliphatic carbocycles. The highest BCUT2D eigenvalue weighted by Crippen LogP contribution is 1.94. The van der Waals surface area contributed by atoms with Gasteiger partial charge in [-0.2, -0.15) is 0 Å². The van der Waals surface area contributed by atoms with Crippen LogP contribution in [-0.2, 0) is 0 Å². The third-order valence-electron chi connectivity index (χ3n) is 1.45. The first-order valence-electron chi connectivity index (χ1n) is 3.18. The Kier molecular flexibility index (Phi) is 4.50. The summed E-state index contributed by atoms with van der Waals surface area (Å²) in [6.45, 7) is 3.37. The van der Waals surface area contributed by atoms with Crippen LogP contribution >= 0.6 is 0 Å². The fourth-order valence-electron chi connectivity index (χ4n) is 0.679. The molecule has 0 aliphatic heterocycles. The average molecular weight is 150 g/mol. The zero-order valence-electron chi connectivity index (χ0n) is 6.16. The summed E-state index contributed by atoms with van der Waals surface area (Å²) >= 11 is 0. The van der Waals surface area contributed by atoms with E-state index in [1.807, 2.05) is 0 Å². The number of hydrogen-bond acceptors (Lipinski definition) is 4. The zero-order chi connectivity index (χ0) is 8.15. The van der Waals surface area contributed by atoms with Gasteiger partial charge in [0, 0.05) is 5.92 Å². The molecule has 0 aliphatic rings. The summed E-state index contributed by atoms with van der Waals surface area (Å²) in [5, 5.41) is 26.9. The molecule has 10 heavy (non-hydrogen) atoms. The minimum absolute atomic E-state index is 0.0390. The molecule has 0 aromatic carbocycles. The first-order chi connectivity index (χ1) is 4.63. The van der Waals surface area contributed by atoms with Gasteiger partial charge in [-0.1, -0.05) is 13.8 Å². The van der Waals surface area contributed by atoms with Crippen molar-refractivity contribution in [2.45, 2.75) is 19.9 Å². The van der Waals surface area contributed by atoms with Gasteiger partial charge < -0.3 is 10.3 Å². The first kappa shape index (κ1) is 9.80. The molecule has 2 unspecified atom stereocenters. The Labute approximate surface area is 59.8 Å². The average Bonchev–Trinajstić information content (AvgIpc) is 1.88. The molecule has 0 bridgehead atoms. The van der Waals surface area contributed by atoms with Gasteiger partial charge in [0.15, 0.2) is 0 Å². The van der Waals surface area contributed by atoms with E-state index in [4.69, 9.17) is 10.3 Å². The lowest BCUT2D eigenvalue weighted by atomic mass is 10.1. The van der Waals surface area contributed by atoms with Gasteiger partial charge in [-0.25, -0.2) is 0 Å². The molecular weight excluding hydrogens is 136 g/mol. The van der Waals surface area contributed by atoms with Crippen molar-refractivity contribution in [3.63, 3.8) is 0 Å². The monoisotopic (exact) mass is 150 g/mol. The van der Waals surface area contributed by atoms with Crippen LogP contribution in [0.5, 0.6) is 0 Å². The van der Waals surface area contributed by atoms with Crippen LogP contribution in [-0.4, -0.2) is 23.0 Å². The van der Waals surface area contributed by atoms with Crippen LogP contribution in [0.4, 0.5) is 0 Å². The van der Waals surface area contributed by atoms with Gasteiger partial charge in [0.05, 0.1) is 6.61 Å². The van der Waals surface area contributed by atoms with Crippen LogP contribution < -0.4 is 10.8 Å². The Morgan fingerprint density at radius 3 is 2.20 bits per heavy atom. The van der Waals surface area contributed by atoms with Crippen LogP contribution in [0.25, 0.3) is 0 Å². The lowest BCUT2D eigenvalue weighted by molar-refractivity contribution is -0.953. The fraction of sp³-hybridized carbons (Fsp3) is 1.00. The number of hydrogen-bond donors (Lipinski definition) is 4. The second kappa shape index (κ2) is 4.59. The molecule has 0 aromatic heterocycles. The lowest BCUT2D eigenvalue weighted by Crippen LogP contribution is -3.18. The summed E-state index contributed by atoms with van der Waals surface area (Å²) in [6.07, 6.45) is 0. The van der Waals surface area contributed by atoms with E-state index >= 15 is 0 Å². The number of rotatable bonds is 4. The molecule has 0 radical (unpaired) electrons. The highest BCUT2D eigenvalue weighted by atomic mass is 16.7. The van der Waals surface area contributed by atoms with Gasteiger partial charge >= 0.3 is 0 Å². The second-order valence-corrected chi connectivity index (χ2v) is 2.51. The fourth-order valence-corrected chi connectivity index (χ4v) is 0.679. The quantitative estimate of drug-likeness (QED) is 0.359. The van der Waals surface area contributed by atoms with Gasteiger partial charge in [0.1, 0.15) is 6.04 Å². The minimum atomic E-state index is -0.530. The van der Waals surface area contributed by atoms with Crippen LogP contribution in [0, 0.1) is 11.1 Å². The van der Waals surface area contributed by atoms with Crippen molar-refractivity contribution < 1.29 is 15.5 Å². The molecule has 2 atom stereocenters. The topological polar surface area (TPSA) is 80.0 Å². The molecule has 0 aromatic rings. The summed E-state index contributed by atoms with van der Waals surface area (Å²) in [5.41, 5.74) is 1.50. The molecular formula is C5H14N2O3. The maximum absolute atomic E-state index is 10.7. The molecule has 0 heterocycles. The SMILES string of the molecule is CC(C)C(CO)[NH+]([O-])NO. The smallest absolute Gasteiger partial charge is 0.132 e. The molecule has 0 amide bonds. The normalized spacial score (nSPS) is 17.4. The Bertz CT molecular complexity index is 89.0. The number of aliphatic hydroxyl groups is 1. The molecule has 0 rings (SSSR count). The largest absolute Gasteiger partial charge is 0.611 e. The van der Waals surface area contributed by atoms with Crippen LogP contribution in [0.15, 0.2) is 0 Å². The molecule has 62 valence electrons. The molecule has 0 saturated heterocycles. The van der Waals surface area contributed by atoms with Crippen LogP contribution in [0.1, 0.15) is 13.8 Å². The molecule has 4 N–H and O–H groups in total. The zero-order valence-corrected chi connectivity index (χ0v) is 6.16. The van der Waals surface area contributed by atoms with E-state index in [2.05, 4.69) is 0 Å². The van der Waals surface area contributed by atoms with E-state index in [0.717, 1.165) is 0 Å². The molecule has 0 saturated carbocycles. The van der Waals surface area contributed by atoms with Crippen molar-refractivity contribution >= 4 is 0 Å². The standard InChI is InChI=1S/C5H14N2O3/c1-4(2)5(3-8)7(10)6-9/h4-9H,3H2,1-2H3. The Hall–Kier alpha value is -0.200. The van der Waals surface area contributed by atoms with E-state index in [1.54, 1.807) is 13.8 Å². The van der Waals surface area contributed by atoms with Gasteiger partial charge in [0.2, 0.25) is 0 Å². The summed E-state index contributed by atoms with van der Waals surface area (Å²) in [6, 6.07) is -0.509. The van der Waals surface area contributed by atoms with Crippen molar-refractivity contribution in [2.75, 3.05) is 6.61 Å². The van der Waals surface area contributed by atoms with Gasteiger partial charge in [-0.05, 0) is 5.59 Å². The van der Waals surface area contributed by atoms with Gasteiger partial charge in [0.25, 0.3) is 0 Å². The van der Waals surface area contributed by atoms with Crippen LogP contribution in [0.2, 0.25) is 0 Å². The van der Waals surface area contributed by atoms with E-state index in [0.29, 0.717) is 0 Å². The molecule has 5 nitrogen and oxygen atoms in total. The van der Waals surface area contributed by atoms with Crippen molar-refractivity contribution in [3.8, 4) is 0 Å². The van der Waals surface area contributed by atoms with Crippen molar-refractivity contribution in [1.29, 1.82) is 0 Å². The van der Waals surface area contributed by atoms with Gasteiger partial charge in [-0.15, -0.1) is 0 Å². The Morgan fingerprint density at radius 1 is 1.60 bits per heavy atom. The highest BCUT2D eigenvalue weighted by molar-refractivity contribution is 4.56. The number of aliphatic hydroxyl groups excluding tert-OH is 1. The number of nitrogens with one attached hydrogen (secondary N) is 2. The van der Waals surface area contributed by atoms with Crippen molar-refractivity contribution in [3.05, 3.63) is 5.21 Å². The van der Waals surface area contributed by atoms with E-state index < -0.39 is 11.2 Å². The number of hydroxylamine groups is 1. The predicted octanol–water partition coefficient (Wildman–Crippen LogP) is -1.72. The first-order valence-corrected chi connectivity index (χ1v) is 3.18. The van der Waals surface area contributed by atoms with E-state index in [1.165, 1.54) is 5.59 Å². The maximum atomic E-state index is 10.7. The van der Waals surface area contributed by atoms with E-state index in [9.17, 15) is 5.21 Å². The second-order valence-electron chi connectivity index (χ2n) is 2.51. The predicted molar refractivity (Wildman–Crippen MR) is 35.0 cm³/mol. The third kappa shape index (κ3) is 2.59. The summed E-state index contributed by atoms with van der Waals surface area (Å²) in [5.74, 6) is 0.0390. The molecule has 0 spiro atoms. The Morgan fingerprint density at radius 2 is 2.10 bits per heavy atom. The highest BCUT2D eigenvalue weighted by Gasteiger charge is 2.18. The summed E-state index contributed by atoms with van der Waals surface area (Å²) in [7, 11) is 0. The van der Waals surface area contributed by atoms with Gasteiger partial charge in [-0.3, -0.25) is 10.4 Å². The summed E-state index contributed by atoms with van der Waals surface area (Å²) < 4.78 is 0. The van der Waals surface area contributed by atoms with Crippen molar-refractivity contribution in [2.24, 2.45) is 5.92 Å². The molecule has 5 heteroatoms. The summed E-state index contributed by atoms with van der Waals surface area (Å²) in [4.78, 5) is 0.